The molecule has 1 aliphatic rings. The first-order valence-corrected chi connectivity index (χ1v) is 12.1. The second-order valence-corrected chi connectivity index (χ2v) is 11.0. The Hall–Kier alpha value is -2.51. The molecule has 1 unspecified atom stereocenters. The van der Waals surface area contributed by atoms with Crippen molar-refractivity contribution in [2.75, 3.05) is 13.1 Å². The SMILES string of the molecule is Cc1ccc(S(=O)(=O)N2CCCC(C(=O)NCc3nnc4ccc(C(F)(F)F)cn34)C2)s1. The van der Waals surface area contributed by atoms with Crippen molar-refractivity contribution in [3.8, 4) is 0 Å². The van der Waals surface area contributed by atoms with E-state index in [-0.39, 0.29) is 34.7 Å². The number of fused-ring (bicyclic) bond motifs is 1. The average molecular weight is 488 g/mol. The molecule has 0 radical (unpaired) electrons. The van der Waals surface area contributed by atoms with Crippen molar-refractivity contribution in [2.24, 2.45) is 5.92 Å². The summed E-state index contributed by atoms with van der Waals surface area (Å²) in [6.45, 7) is 2.07. The highest BCUT2D eigenvalue weighted by molar-refractivity contribution is 7.91. The smallest absolute Gasteiger partial charge is 0.349 e. The Morgan fingerprint density at radius 2 is 2.03 bits per heavy atom. The van der Waals surface area contributed by atoms with Crippen LogP contribution in [0.15, 0.2) is 34.7 Å². The maximum Gasteiger partial charge on any atom is 0.417 e. The van der Waals surface area contributed by atoms with E-state index in [9.17, 15) is 26.4 Å². The number of piperidine rings is 1. The zero-order chi connectivity index (χ0) is 23.1. The fourth-order valence-electron chi connectivity index (χ4n) is 3.59. The number of aryl methyl sites for hydroxylation is 1. The summed E-state index contributed by atoms with van der Waals surface area (Å²) < 4.78 is 67.4. The van der Waals surface area contributed by atoms with E-state index < -0.39 is 27.7 Å². The predicted molar refractivity (Wildman–Crippen MR) is 110 cm³/mol. The third kappa shape index (κ3) is 4.50. The van der Waals surface area contributed by atoms with E-state index in [0.29, 0.717) is 19.4 Å². The van der Waals surface area contributed by atoms with Gasteiger partial charge in [-0.1, -0.05) is 0 Å². The Balaban J connectivity index is 1.44. The lowest BCUT2D eigenvalue weighted by Crippen LogP contribution is -2.45. The van der Waals surface area contributed by atoms with Crippen molar-refractivity contribution in [1.82, 2.24) is 24.2 Å². The van der Waals surface area contributed by atoms with Gasteiger partial charge in [0.25, 0.3) is 10.0 Å². The molecule has 1 N–H and O–H groups in total. The van der Waals surface area contributed by atoms with Crippen molar-refractivity contribution >= 4 is 32.9 Å². The summed E-state index contributed by atoms with van der Waals surface area (Å²) >= 11 is 1.18. The predicted octanol–water partition coefficient (Wildman–Crippen LogP) is 2.84. The summed E-state index contributed by atoms with van der Waals surface area (Å²) in [5, 5.41) is 10.3. The molecule has 0 aliphatic carbocycles. The zero-order valence-electron chi connectivity index (χ0n) is 17.0. The number of nitrogens with zero attached hydrogens (tertiary/aromatic N) is 4. The van der Waals surface area contributed by atoms with Crippen molar-refractivity contribution in [3.05, 3.63) is 46.7 Å². The highest BCUT2D eigenvalue weighted by atomic mass is 32.2. The molecule has 1 atom stereocenters. The molecule has 1 aliphatic heterocycles. The molecule has 4 heterocycles. The maximum atomic E-state index is 13.0. The van der Waals surface area contributed by atoms with Crippen LogP contribution < -0.4 is 5.32 Å². The van der Waals surface area contributed by atoms with Crippen LogP contribution in [-0.4, -0.2) is 46.3 Å². The summed E-state index contributed by atoms with van der Waals surface area (Å²) in [5.41, 5.74) is -0.627. The lowest BCUT2D eigenvalue weighted by Gasteiger charge is -2.30. The molecule has 32 heavy (non-hydrogen) atoms. The van der Waals surface area contributed by atoms with Gasteiger partial charge in [0.2, 0.25) is 5.91 Å². The van der Waals surface area contributed by atoms with Gasteiger partial charge in [-0.2, -0.15) is 17.5 Å². The van der Waals surface area contributed by atoms with Crippen molar-refractivity contribution < 1.29 is 26.4 Å². The van der Waals surface area contributed by atoms with Gasteiger partial charge in [0, 0.05) is 24.2 Å². The first kappa shape index (κ1) is 22.7. The van der Waals surface area contributed by atoms with E-state index in [4.69, 9.17) is 0 Å². The largest absolute Gasteiger partial charge is 0.417 e. The van der Waals surface area contributed by atoms with Crippen LogP contribution in [0.4, 0.5) is 13.2 Å². The number of hydrogen-bond acceptors (Lipinski definition) is 6. The molecule has 3 aromatic rings. The van der Waals surface area contributed by atoms with Crippen molar-refractivity contribution in [2.45, 2.75) is 36.7 Å². The van der Waals surface area contributed by atoms with Crippen LogP contribution in [0.3, 0.4) is 0 Å². The van der Waals surface area contributed by atoms with Gasteiger partial charge in [0.05, 0.1) is 18.0 Å². The highest BCUT2D eigenvalue weighted by Gasteiger charge is 2.34. The second kappa shape index (κ2) is 8.45. The molecule has 0 aromatic carbocycles. The third-order valence-electron chi connectivity index (χ3n) is 5.29. The Bertz CT molecular complexity index is 1250. The van der Waals surface area contributed by atoms with E-state index in [2.05, 4.69) is 15.5 Å². The van der Waals surface area contributed by atoms with Gasteiger partial charge in [-0.3, -0.25) is 9.20 Å². The molecule has 1 fully saturated rings. The number of sulfonamides is 1. The number of amides is 1. The van der Waals surface area contributed by atoms with Gasteiger partial charge in [-0.25, -0.2) is 8.42 Å². The van der Waals surface area contributed by atoms with Crippen LogP contribution in [0, 0.1) is 12.8 Å². The first-order chi connectivity index (χ1) is 15.1. The molecule has 8 nitrogen and oxygen atoms in total. The topological polar surface area (TPSA) is 96.7 Å². The van der Waals surface area contributed by atoms with Crippen LogP contribution in [0.5, 0.6) is 0 Å². The Labute approximate surface area is 186 Å². The quantitative estimate of drug-likeness (QED) is 0.597. The van der Waals surface area contributed by atoms with Gasteiger partial charge in [0.1, 0.15) is 4.21 Å². The molecule has 172 valence electrons. The lowest BCUT2D eigenvalue weighted by atomic mass is 9.99. The van der Waals surface area contributed by atoms with Crippen molar-refractivity contribution in [1.29, 1.82) is 0 Å². The molecule has 3 aromatic heterocycles. The number of nitrogens with one attached hydrogen (secondary N) is 1. The Morgan fingerprint density at radius 3 is 2.72 bits per heavy atom. The monoisotopic (exact) mass is 487 g/mol. The molecule has 13 heteroatoms. The minimum atomic E-state index is -4.52. The van der Waals surface area contributed by atoms with E-state index in [1.807, 2.05) is 6.92 Å². The van der Waals surface area contributed by atoms with Gasteiger partial charge in [0.15, 0.2) is 11.5 Å². The van der Waals surface area contributed by atoms with Gasteiger partial charge < -0.3 is 5.32 Å². The molecule has 1 amide bonds. The third-order valence-corrected chi connectivity index (χ3v) is 8.62. The Morgan fingerprint density at radius 1 is 1.25 bits per heavy atom. The minimum absolute atomic E-state index is 0.0456. The fraction of sp³-hybridized carbons (Fsp3) is 0.421. The molecule has 1 saturated heterocycles. The van der Waals surface area contributed by atoms with Gasteiger partial charge >= 0.3 is 6.18 Å². The maximum absolute atomic E-state index is 13.0. The fourth-order valence-corrected chi connectivity index (χ4v) is 6.55. The van der Waals surface area contributed by atoms with Crippen molar-refractivity contribution in [3.63, 3.8) is 0 Å². The van der Waals surface area contributed by atoms with E-state index in [1.54, 1.807) is 12.1 Å². The lowest BCUT2D eigenvalue weighted by molar-refractivity contribution is -0.138. The van der Waals surface area contributed by atoms with E-state index in [1.165, 1.54) is 26.1 Å². The second-order valence-electron chi connectivity index (χ2n) is 7.55. The number of rotatable bonds is 5. The van der Waals surface area contributed by atoms with Gasteiger partial charge in [-0.05, 0) is 44.0 Å². The summed E-state index contributed by atoms with van der Waals surface area (Å²) in [5.74, 6) is -0.797. The number of carbonyl (C=O) groups excluding carboxylic acids is 1. The Kier molecular flexibility index (Phi) is 5.98. The minimum Gasteiger partial charge on any atom is -0.349 e. The molecular weight excluding hydrogens is 467 g/mol. The van der Waals surface area contributed by atoms with Gasteiger partial charge in [-0.15, -0.1) is 21.5 Å². The van der Waals surface area contributed by atoms with Crippen LogP contribution in [0.1, 0.15) is 29.1 Å². The molecular formula is C19H20F3N5O3S2. The zero-order valence-corrected chi connectivity index (χ0v) is 18.6. The average Bonchev–Trinajstić information content (AvgIpc) is 3.37. The van der Waals surface area contributed by atoms with E-state index >= 15 is 0 Å². The summed E-state index contributed by atoms with van der Waals surface area (Å²) in [6, 6.07) is 5.42. The van der Waals surface area contributed by atoms with Crippen LogP contribution in [0.25, 0.3) is 5.65 Å². The number of carbonyl (C=O) groups is 1. The molecule has 0 saturated carbocycles. The number of halogens is 3. The molecule has 0 spiro atoms. The number of aromatic nitrogens is 3. The van der Waals surface area contributed by atoms with E-state index in [0.717, 1.165) is 17.1 Å². The number of pyridine rings is 1. The summed E-state index contributed by atoms with van der Waals surface area (Å²) in [6.07, 6.45) is -2.59. The first-order valence-electron chi connectivity index (χ1n) is 9.81. The number of hydrogen-bond donors (Lipinski definition) is 1. The standard InChI is InChI=1S/C19H20F3N5O3S2/c1-12-4-7-17(31-12)32(29,30)26-8-2-3-13(10-26)18(28)23-9-16-25-24-15-6-5-14(11-27(15)16)19(20,21)22/h4-7,11,13H,2-3,8-10H2,1H3,(H,23,28). The summed E-state index contributed by atoms with van der Waals surface area (Å²) in [7, 11) is -3.67. The van der Waals surface area contributed by atoms with Crippen LogP contribution in [-0.2, 0) is 27.5 Å². The van der Waals surface area contributed by atoms with Crippen LogP contribution in [0.2, 0.25) is 0 Å². The normalized spacial score (nSPS) is 18.2. The highest BCUT2D eigenvalue weighted by Crippen LogP contribution is 2.30. The van der Waals surface area contributed by atoms with Crippen LogP contribution >= 0.6 is 11.3 Å². The molecule has 0 bridgehead atoms. The number of thiophene rings is 1. The molecule has 4 rings (SSSR count). The number of alkyl halides is 3. The summed E-state index contributed by atoms with van der Waals surface area (Å²) in [4.78, 5) is 13.6.